The van der Waals surface area contributed by atoms with E-state index in [1.54, 1.807) is 0 Å². The molecule has 2 heterocycles. The number of nitrogens with zero attached hydrogens (tertiary/aromatic N) is 3. The monoisotopic (exact) mass is 271 g/mol. The molecule has 1 N–H and O–H groups in total. The molecule has 1 aromatic heterocycles. The number of benzene rings is 1. The Morgan fingerprint density at radius 2 is 2.30 bits per heavy atom. The Bertz CT molecular complexity index is 622. The molecular formula is C14H13N3O3. The predicted molar refractivity (Wildman–Crippen MR) is 67.8 cm³/mol. The quantitative estimate of drug-likeness (QED) is 0.907. The number of hydrogen-bond acceptors (Lipinski definition) is 6. The van der Waals surface area contributed by atoms with Crippen LogP contribution in [0.25, 0.3) is 0 Å². The van der Waals surface area contributed by atoms with Crippen molar-refractivity contribution < 1.29 is 14.4 Å². The second kappa shape index (κ2) is 5.31. The van der Waals surface area contributed by atoms with Gasteiger partial charge in [-0.05, 0) is 11.6 Å². The zero-order chi connectivity index (χ0) is 13.9. The highest BCUT2D eigenvalue weighted by Crippen LogP contribution is 2.35. The molecule has 0 aliphatic carbocycles. The van der Waals surface area contributed by atoms with E-state index in [0.717, 1.165) is 11.3 Å². The van der Waals surface area contributed by atoms with Crippen molar-refractivity contribution in [2.45, 2.75) is 31.5 Å². The Labute approximate surface area is 115 Å². The van der Waals surface area contributed by atoms with Crippen molar-refractivity contribution in [3.8, 4) is 11.8 Å². The average molecular weight is 271 g/mol. The first-order chi connectivity index (χ1) is 9.76. The number of aliphatic hydroxyl groups excluding tert-OH is 1. The van der Waals surface area contributed by atoms with Crippen LogP contribution in [0.15, 0.2) is 28.8 Å². The first-order valence-electron chi connectivity index (χ1n) is 6.38. The maximum atomic E-state index is 9.54. The Morgan fingerprint density at radius 3 is 3.10 bits per heavy atom. The number of nitriles is 1. The smallest absolute Gasteiger partial charge is 0.229 e. The van der Waals surface area contributed by atoms with Crippen molar-refractivity contribution in [1.29, 1.82) is 5.26 Å². The largest absolute Gasteiger partial charge is 0.482 e. The molecule has 3 rings (SSSR count). The van der Waals surface area contributed by atoms with Gasteiger partial charge in [0.15, 0.2) is 6.10 Å². The zero-order valence-corrected chi connectivity index (χ0v) is 10.7. The van der Waals surface area contributed by atoms with E-state index in [-0.39, 0.29) is 18.9 Å². The fraction of sp³-hybridized carbons (Fsp3) is 0.357. The number of ether oxygens (including phenoxy) is 1. The summed E-state index contributed by atoms with van der Waals surface area (Å²) < 4.78 is 10.8. The Hall–Kier alpha value is -2.39. The third-order valence-corrected chi connectivity index (χ3v) is 3.16. The lowest BCUT2D eigenvalue weighted by Crippen LogP contribution is -2.10. The van der Waals surface area contributed by atoms with Crippen molar-refractivity contribution in [2.24, 2.45) is 0 Å². The maximum Gasteiger partial charge on any atom is 0.229 e. The fourth-order valence-electron chi connectivity index (χ4n) is 2.19. The van der Waals surface area contributed by atoms with E-state index in [4.69, 9.17) is 14.5 Å². The summed E-state index contributed by atoms with van der Waals surface area (Å²) in [6.07, 6.45) is -0.104. The van der Waals surface area contributed by atoms with Gasteiger partial charge in [0.2, 0.25) is 11.7 Å². The first-order valence-corrected chi connectivity index (χ1v) is 6.38. The van der Waals surface area contributed by atoms with E-state index >= 15 is 0 Å². The van der Waals surface area contributed by atoms with E-state index in [2.05, 4.69) is 10.1 Å². The summed E-state index contributed by atoms with van der Waals surface area (Å²) in [4.78, 5) is 4.23. The van der Waals surface area contributed by atoms with Crippen molar-refractivity contribution in [3.63, 3.8) is 0 Å². The topological polar surface area (TPSA) is 92.2 Å². The van der Waals surface area contributed by atoms with Crippen LogP contribution in [0, 0.1) is 11.3 Å². The van der Waals surface area contributed by atoms with Gasteiger partial charge in [0.05, 0.1) is 25.0 Å². The van der Waals surface area contributed by atoms with Gasteiger partial charge in [0.1, 0.15) is 5.75 Å². The summed E-state index contributed by atoms with van der Waals surface area (Å²) in [6.45, 7) is 0. The minimum Gasteiger partial charge on any atom is -0.482 e. The molecule has 2 atom stereocenters. The van der Waals surface area contributed by atoms with E-state index in [1.165, 1.54) is 0 Å². The van der Waals surface area contributed by atoms with Gasteiger partial charge in [-0.2, -0.15) is 10.2 Å². The minimum atomic E-state index is -0.782. The van der Waals surface area contributed by atoms with Gasteiger partial charge in [-0.15, -0.1) is 0 Å². The highest BCUT2D eigenvalue weighted by Gasteiger charge is 2.28. The molecular weight excluding hydrogens is 258 g/mol. The third kappa shape index (κ3) is 2.49. The van der Waals surface area contributed by atoms with Crippen LogP contribution in [0.4, 0.5) is 0 Å². The van der Waals surface area contributed by atoms with Crippen molar-refractivity contribution >= 4 is 0 Å². The van der Waals surface area contributed by atoms with Crippen molar-refractivity contribution in [2.75, 3.05) is 0 Å². The molecule has 102 valence electrons. The molecule has 20 heavy (non-hydrogen) atoms. The first kappa shape index (κ1) is 12.6. The Balaban J connectivity index is 1.68. The fourth-order valence-corrected chi connectivity index (χ4v) is 2.19. The number of rotatable bonds is 4. The molecule has 0 amide bonds. The molecule has 1 aliphatic heterocycles. The lowest BCUT2D eigenvalue weighted by atomic mass is 10.1. The average Bonchev–Trinajstić information content (AvgIpc) is 3.04. The minimum absolute atomic E-state index is 0.0447. The summed E-state index contributed by atoms with van der Waals surface area (Å²) in [5, 5.41) is 21.9. The maximum absolute atomic E-state index is 9.54. The Morgan fingerprint density at radius 1 is 1.45 bits per heavy atom. The normalized spacial score (nSPS) is 18.1. The molecule has 1 aliphatic rings. The van der Waals surface area contributed by atoms with Gasteiger partial charge in [0, 0.05) is 6.42 Å². The predicted octanol–water partition coefficient (Wildman–Crippen LogP) is 1.56. The SMILES string of the molecule is N#CCC(O)Cc1nc(C2Cc3ccccc3O2)no1. The van der Waals surface area contributed by atoms with Crippen molar-refractivity contribution in [3.05, 3.63) is 41.5 Å². The van der Waals surface area contributed by atoms with Crippen LogP contribution < -0.4 is 4.74 Å². The molecule has 6 nitrogen and oxygen atoms in total. The van der Waals surface area contributed by atoms with Crippen LogP contribution in [0.2, 0.25) is 0 Å². The standard InChI is InChI=1S/C14H13N3O3/c15-6-5-10(18)8-13-16-14(17-20-13)12-7-9-3-1-2-4-11(9)19-12/h1-4,10,12,18H,5,7-8H2. The summed E-state index contributed by atoms with van der Waals surface area (Å²) >= 11 is 0. The number of aliphatic hydroxyl groups is 1. The molecule has 6 heteroatoms. The molecule has 0 spiro atoms. The van der Waals surface area contributed by atoms with Crippen LogP contribution in [0.5, 0.6) is 5.75 Å². The lowest BCUT2D eigenvalue weighted by molar-refractivity contribution is 0.166. The number of aromatic nitrogens is 2. The van der Waals surface area contributed by atoms with E-state index in [0.29, 0.717) is 18.1 Å². The second-order valence-corrected chi connectivity index (χ2v) is 4.68. The van der Waals surface area contributed by atoms with Crippen LogP contribution in [-0.4, -0.2) is 21.4 Å². The van der Waals surface area contributed by atoms with Crippen molar-refractivity contribution in [1.82, 2.24) is 10.1 Å². The number of para-hydroxylation sites is 1. The van der Waals surface area contributed by atoms with E-state index < -0.39 is 6.10 Å². The molecule has 0 fully saturated rings. The van der Waals surface area contributed by atoms with E-state index in [9.17, 15) is 5.11 Å². The molecule has 0 saturated heterocycles. The van der Waals surface area contributed by atoms with Gasteiger partial charge < -0.3 is 14.4 Å². The van der Waals surface area contributed by atoms with Gasteiger partial charge >= 0.3 is 0 Å². The second-order valence-electron chi connectivity index (χ2n) is 4.68. The molecule has 0 bridgehead atoms. The highest BCUT2D eigenvalue weighted by molar-refractivity contribution is 5.37. The molecule has 0 radical (unpaired) electrons. The number of hydrogen-bond donors (Lipinski definition) is 1. The summed E-state index contributed by atoms with van der Waals surface area (Å²) in [5.41, 5.74) is 1.12. The van der Waals surface area contributed by atoms with Gasteiger partial charge in [-0.1, -0.05) is 23.4 Å². The van der Waals surface area contributed by atoms with E-state index in [1.807, 2.05) is 30.3 Å². The van der Waals surface area contributed by atoms with Crippen LogP contribution in [0.3, 0.4) is 0 Å². The molecule has 2 unspecified atom stereocenters. The molecule has 2 aromatic rings. The highest BCUT2D eigenvalue weighted by atomic mass is 16.5. The van der Waals surface area contributed by atoms with Crippen LogP contribution >= 0.6 is 0 Å². The summed E-state index contributed by atoms with van der Waals surface area (Å²) in [7, 11) is 0. The van der Waals surface area contributed by atoms with Crippen LogP contribution in [0.1, 0.15) is 29.8 Å². The lowest BCUT2D eigenvalue weighted by Gasteiger charge is -2.04. The summed E-state index contributed by atoms with van der Waals surface area (Å²) in [6, 6.07) is 9.69. The van der Waals surface area contributed by atoms with Gasteiger partial charge in [-0.3, -0.25) is 0 Å². The van der Waals surface area contributed by atoms with Gasteiger partial charge in [0.25, 0.3) is 0 Å². The Kier molecular flexibility index (Phi) is 3.35. The summed E-state index contributed by atoms with van der Waals surface area (Å²) in [5.74, 6) is 1.64. The molecule has 1 aromatic carbocycles. The zero-order valence-electron chi connectivity index (χ0n) is 10.7. The van der Waals surface area contributed by atoms with Gasteiger partial charge in [-0.25, -0.2) is 0 Å². The number of fused-ring (bicyclic) bond motifs is 1. The molecule has 0 saturated carbocycles. The van der Waals surface area contributed by atoms with Crippen LogP contribution in [-0.2, 0) is 12.8 Å². The third-order valence-electron chi connectivity index (χ3n) is 3.16.